The summed E-state index contributed by atoms with van der Waals surface area (Å²) >= 11 is 0. The number of benzene rings is 1. The van der Waals surface area contributed by atoms with Crippen LogP contribution in [0.5, 0.6) is 0 Å². The Kier molecular flexibility index (Phi) is 1.97. The molecule has 0 bridgehead atoms. The first-order valence-corrected chi connectivity index (χ1v) is 4.24. The van der Waals surface area contributed by atoms with Crippen molar-refractivity contribution in [2.24, 2.45) is 5.84 Å². The first-order valence-electron chi connectivity index (χ1n) is 4.24. The number of hydrogen-bond donors (Lipinski definition) is 3. The van der Waals surface area contributed by atoms with Gasteiger partial charge in [0, 0.05) is 18.3 Å². The Bertz CT molecular complexity index is 391. The second kappa shape index (κ2) is 3.15. The Hall–Kier alpha value is -1.82. The van der Waals surface area contributed by atoms with E-state index in [1.807, 2.05) is 0 Å². The van der Waals surface area contributed by atoms with Gasteiger partial charge in [-0.05, 0) is 18.1 Å². The van der Waals surface area contributed by atoms with Crippen LogP contribution < -0.4 is 16.6 Å². The van der Waals surface area contributed by atoms with Crippen molar-refractivity contribution in [3.05, 3.63) is 27.8 Å². The van der Waals surface area contributed by atoms with Crippen LogP contribution in [-0.2, 0) is 6.42 Å². The number of nitro groups is 1. The van der Waals surface area contributed by atoms with Crippen LogP contribution in [0.1, 0.15) is 5.56 Å². The number of rotatable bonds is 2. The van der Waals surface area contributed by atoms with Crippen LogP contribution in [0, 0.1) is 10.1 Å². The molecule has 0 fully saturated rings. The number of nitrogen functional groups attached to an aromatic ring is 1. The quantitative estimate of drug-likeness (QED) is 0.368. The molecule has 0 aliphatic carbocycles. The smallest absolute Gasteiger partial charge is 0.294 e. The molecule has 2 rings (SSSR count). The van der Waals surface area contributed by atoms with Gasteiger partial charge in [0.1, 0.15) is 5.69 Å². The van der Waals surface area contributed by atoms with E-state index >= 15 is 0 Å². The van der Waals surface area contributed by atoms with Crippen molar-refractivity contribution in [1.82, 2.24) is 0 Å². The molecular weight excluding hydrogens is 184 g/mol. The lowest BCUT2D eigenvalue weighted by atomic mass is 10.1. The number of fused-ring (bicyclic) bond motifs is 1. The van der Waals surface area contributed by atoms with E-state index in [2.05, 4.69) is 10.7 Å². The van der Waals surface area contributed by atoms with Gasteiger partial charge in [0.15, 0.2) is 0 Å². The highest BCUT2D eigenvalue weighted by Crippen LogP contribution is 2.33. The van der Waals surface area contributed by atoms with E-state index in [-0.39, 0.29) is 5.69 Å². The van der Waals surface area contributed by atoms with Gasteiger partial charge < -0.3 is 10.7 Å². The Balaban J connectivity index is 2.54. The summed E-state index contributed by atoms with van der Waals surface area (Å²) in [6.45, 7) is 0.820. The van der Waals surface area contributed by atoms with E-state index in [9.17, 15) is 10.1 Å². The summed E-state index contributed by atoms with van der Waals surface area (Å²) in [5, 5.41) is 13.8. The third-order valence-corrected chi connectivity index (χ3v) is 2.28. The molecule has 1 heterocycles. The third-order valence-electron chi connectivity index (χ3n) is 2.28. The van der Waals surface area contributed by atoms with Gasteiger partial charge in [-0.15, -0.1) is 0 Å². The van der Waals surface area contributed by atoms with E-state index in [0.717, 1.165) is 24.2 Å². The highest BCUT2D eigenvalue weighted by molar-refractivity contribution is 5.72. The molecule has 0 unspecified atom stereocenters. The summed E-state index contributed by atoms with van der Waals surface area (Å²) in [5.74, 6) is 5.20. The van der Waals surface area contributed by atoms with Gasteiger partial charge in [-0.25, -0.2) is 0 Å². The van der Waals surface area contributed by atoms with Crippen molar-refractivity contribution < 1.29 is 4.92 Å². The van der Waals surface area contributed by atoms with Crippen LogP contribution in [0.3, 0.4) is 0 Å². The largest absolute Gasteiger partial charge is 0.384 e. The maximum absolute atomic E-state index is 10.7. The topological polar surface area (TPSA) is 93.2 Å². The Morgan fingerprint density at radius 1 is 1.57 bits per heavy atom. The van der Waals surface area contributed by atoms with E-state index in [0.29, 0.717) is 5.69 Å². The van der Waals surface area contributed by atoms with Gasteiger partial charge >= 0.3 is 0 Å². The summed E-state index contributed by atoms with van der Waals surface area (Å²) in [7, 11) is 0. The third kappa shape index (κ3) is 1.25. The molecule has 0 atom stereocenters. The van der Waals surface area contributed by atoms with Crippen LogP contribution in [0.15, 0.2) is 12.1 Å². The molecule has 6 heteroatoms. The van der Waals surface area contributed by atoms with E-state index in [1.54, 1.807) is 12.1 Å². The number of nitrogens with two attached hydrogens (primary N) is 1. The number of hydrogen-bond acceptors (Lipinski definition) is 5. The van der Waals surface area contributed by atoms with Crippen molar-refractivity contribution in [2.45, 2.75) is 6.42 Å². The lowest BCUT2D eigenvalue weighted by Gasteiger charge is -2.05. The van der Waals surface area contributed by atoms with Crippen molar-refractivity contribution >= 4 is 17.1 Å². The summed E-state index contributed by atoms with van der Waals surface area (Å²) in [6.07, 6.45) is 0.820. The lowest BCUT2D eigenvalue weighted by molar-refractivity contribution is -0.384. The van der Waals surface area contributed by atoms with E-state index in [1.165, 1.54) is 0 Å². The van der Waals surface area contributed by atoms with Crippen LogP contribution in [0.25, 0.3) is 0 Å². The Morgan fingerprint density at radius 3 is 3.00 bits per heavy atom. The minimum absolute atomic E-state index is 0.0231. The highest BCUT2D eigenvalue weighted by atomic mass is 16.6. The molecule has 4 N–H and O–H groups in total. The maximum atomic E-state index is 10.7. The number of nitro benzene ring substituents is 1. The van der Waals surface area contributed by atoms with Crippen LogP contribution in [0.4, 0.5) is 17.1 Å². The zero-order valence-corrected chi connectivity index (χ0v) is 7.41. The molecule has 6 nitrogen and oxygen atoms in total. The minimum atomic E-state index is -0.437. The molecule has 0 aromatic heterocycles. The lowest BCUT2D eigenvalue weighted by Crippen LogP contribution is -2.09. The normalized spacial score (nSPS) is 13.2. The SMILES string of the molecule is NNc1cc2c(cc1[N+](=O)[O-])CCN2. The van der Waals surface area contributed by atoms with Gasteiger partial charge in [0.2, 0.25) is 0 Å². The standard InChI is InChI=1S/C8H10N4O2/c9-11-7-4-6-5(1-2-10-6)3-8(7)12(13)14/h3-4,10-11H,1-2,9H2. The zero-order valence-electron chi connectivity index (χ0n) is 7.41. The predicted molar refractivity (Wildman–Crippen MR) is 53.1 cm³/mol. The van der Waals surface area contributed by atoms with E-state index in [4.69, 9.17) is 5.84 Å². The fraction of sp³-hybridized carbons (Fsp3) is 0.250. The van der Waals surface area contributed by atoms with Crippen molar-refractivity contribution in [3.8, 4) is 0 Å². The predicted octanol–water partition coefficient (Wildman–Crippen LogP) is 0.848. The van der Waals surface area contributed by atoms with Crippen molar-refractivity contribution in [2.75, 3.05) is 17.3 Å². The summed E-state index contributed by atoms with van der Waals surface area (Å²) in [4.78, 5) is 10.2. The maximum Gasteiger partial charge on any atom is 0.294 e. The highest BCUT2D eigenvalue weighted by Gasteiger charge is 2.19. The van der Waals surface area contributed by atoms with Gasteiger partial charge in [0.25, 0.3) is 5.69 Å². The first-order chi connectivity index (χ1) is 6.72. The van der Waals surface area contributed by atoms with Crippen LogP contribution >= 0.6 is 0 Å². The molecule has 1 aromatic rings. The summed E-state index contributed by atoms with van der Waals surface area (Å²) in [6, 6.07) is 3.23. The number of hydrazine groups is 1. The molecule has 0 saturated carbocycles. The number of nitrogens with one attached hydrogen (secondary N) is 2. The van der Waals surface area contributed by atoms with Crippen molar-refractivity contribution in [1.29, 1.82) is 0 Å². The Labute approximate surface area is 80.2 Å². The van der Waals surface area contributed by atoms with Crippen LogP contribution in [-0.4, -0.2) is 11.5 Å². The monoisotopic (exact) mass is 194 g/mol. The molecule has 0 saturated heterocycles. The fourth-order valence-corrected chi connectivity index (χ4v) is 1.60. The minimum Gasteiger partial charge on any atom is -0.384 e. The number of anilines is 2. The first kappa shape index (κ1) is 8.76. The number of nitrogens with zero attached hydrogens (tertiary/aromatic N) is 1. The average Bonchev–Trinajstić information content (AvgIpc) is 2.62. The molecule has 14 heavy (non-hydrogen) atoms. The van der Waals surface area contributed by atoms with Gasteiger partial charge in [-0.3, -0.25) is 16.0 Å². The van der Waals surface area contributed by atoms with Crippen molar-refractivity contribution in [3.63, 3.8) is 0 Å². The Morgan fingerprint density at radius 2 is 2.36 bits per heavy atom. The zero-order chi connectivity index (χ0) is 10.1. The molecule has 1 aliphatic heterocycles. The second-order valence-corrected chi connectivity index (χ2v) is 3.10. The summed E-state index contributed by atoms with van der Waals surface area (Å²) in [5.41, 5.74) is 4.57. The summed E-state index contributed by atoms with van der Waals surface area (Å²) < 4.78 is 0. The van der Waals surface area contributed by atoms with Gasteiger partial charge in [-0.1, -0.05) is 0 Å². The van der Waals surface area contributed by atoms with Crippen LogP contribution in [0.2, 0.25) is 0 Å². The molecule has 1 aliphatic rings. The molecule has 0 radical (unpaired) electrons. The van der Waals surface area contributed by atoms with Gasteiger partial charge in [0.05, 0.1) is 4.92 Å². The molecular formula is C8H10N4O2. The van der Waals surface area contributed by atoms with E-state index < -0.39 is 4.92 Å². The average molecular weight is 194 g/mol. The molecule has 0 spiro atoms. The van der Waals surface area contributed by atoms with Gasteiger partial charge in [-0.2, -0.15) is 0 Å². The molecule has 74 valence electrons. The molecule has 0 amide bonds. The molecule has 1 aromatic carbocycles. The second-order valence-electron chi connectivity index (χ2n) is 3.10. The fourth-order valence-electron chi connectivity index (χ4n) is 1.60.